The Kier molecular flexibility index (Phi) is 4.75. The summed E-state index contributed by atoms with van der Waals surface area (Å²) < 4.78 is 37.0. The van der Waals surface area contributed by atoms with Gasteiger partial charge in [-0.1, -0.05) is 35.9 Å². The molecule has 26 heavy (non-hydrogen) atoms. The van der Waals surface area contributed by atoms with Crippen LogP contribution in [0.15, 0.2) is 54.6 Å². The summed E-state index contributed by atoms with van der Waals surface area (Å²) in [5.74, 6) is -2.00. The lowest BCUT2D eigenvalue weighted by molar-refractivity contribution is -0.167. The second kappa shape index (κ2) is 7.00. The smallest absolute Gasteiger partial charge is 0.318 e. The van der Waals surface area contributed by atoms with Crippen LogP contribution in [0.5, 0.6) is 0 Å². The first-order chi connectivity index (χ1) is 12.3. The highest BCUT2D eigenvalue weighted by Crippen LogP contribution is 2.20. The Bertz CT molecular complexity index is 994. The molecule has 3 nitrogen and oxygen atoms in total. The number of nitrogens with one attached hydrogen (secondary N) is 1. The molecule has 1 aromatic heterocycles. The molecule has 0 radical (unpaired) electrons. The number of carbonyl (C=O) groups is 1. The zero-order valence-corrected chi connectivity index (χ0v) is 13.8. The van der Waals surface area contributed by atoms with E-state index in [2.05, 4.69) is 4.98 Å². The number of rotatable bonds is 3. The van der Waals surface area contributed by atoms with Gasteiger partial charge in [0, 0.05) is 11.1 Å². The minimum atomic E-state index is -4.92. The Morgan fingerprint density at radius 3 is 2.62 bits per heavy atom. The van der Waals surface area contributed by atoms with Crippen molar-refractivity contribution in [3.63, 3.8) is 0 Å². The number of hydrogen-bond donors (Lipinski definition) is 1. The maximum absolute atomic E-state index is 12.3. The van der Waals surface area contributed by atoms with Gasteiger partial charge >= 0.3 is 12.1 Å². The van der Waals surface area contributed by atoms with Crippen molar-refractivity contribution < 1.29 is 18.0 Å². The fourth-order valence-corrected chi connectivity index (χ4v) is 2.46. The average molecular weight is 356 g/mol. The number of halogens is 3. The first-order valence-corrected chi connectivity index (χ1v) is 7.85. The van der Waals surface area contributed by atoms with Crippen molar-refractivity contribution in [2.75, 3.05) is 5.32 Å². The highest BCUT2D eigenvalue weighted by atomic mass is 19.4. The molecule has 0 saturated carbocycles. The molecular weight excluding hydrogens is 341 g/mol. The van der Waals surface area contributed by atoms with E-state index < -0.39 is 12.1 Å². The van der Waals surface area contributed by atoms with Gasteiger partial charge in [-0.3, -0.25) is 4.79 Å². The molecule has 0 aliphatic carbocycles. The first-order valence-electron chi connectivity index (χ1n) is 7.85. The first kappa shape index (κ1) is 17.7. The molecular formula is C20H15F3N2O. The van der Waals surface area contributed by atoms with Gasteiger partial charge in [-0.15, -0.1) is 0 Å². The molecule has 0 aliphatic rings. The molecule has 6 heteroatoms. The molecule has 1 N–H and O–H groups in total. The summed E-state index contributed by atoms with van der Waals surface area (Å²) in [5, 5.41) is 2.88. The lowest BCUT2D eigenvalue weighted by atomic mass is 10.1. The van der Waals surface area contributed by atoms with Crippen LogP contribution in [-0.4, -0.2) is 17.1 Å². The minimum absolute atomic E-state index is 0.0800. The SMILES string of the molecule is Cc1ccc2nc(/C=C/c3cccc(NC(=O)C(F)(F)F)c3)ccc2c1. The van der Waals surface area contributed by atoms with E-state index in [1.165, 1.54) is 12.1 Å². The summed E-state index contributed by atoms with van der Waals surface area (Å²) in [6.07, 6.45) is -1.42. The molecule has 0 spiro atoms. The van der Waals surface area contributed by atoms with E-state index in [4.69, 9.17) is 0 Å². The molecule has 0 unspecified atom stereocenters. The predicted molar refractivity (Wildman–Crippen MR) is 96.5 cm³/mol. The summed E-state index contributed by atoms with van der Waals surface area (Å²) in [7, 11) is 0. The van der Waals surface area contributed by atoms with Crippen molar-refractivity contribution in [2.45, 2.75) is 13.1 Å². The predicted octanol–water partition coefficient (Wildman–Crippen LogP) is 5.21. The topological polar surface area (TPSA) is 42.0 Å². The van der Waals surface area contributed by atoms with E-state index in [0.717, 1.165) is 22.2 Å². The molecule has 0 atom stereocenters. The third-order valence-corrected chi connectivity index (χ3v) is 3.71. The van der Waals surface area contributed by atoms with Crippen molar-refractivity contribution in [3.8, 4) is 0 Å². The fraction of sp³-hybridized carbons (Fsp3) is 0.100. The fourth-order valence-electron chi connectivity index (χ4n) is 2.46. The van der Waals surface area contributed by atoms with Crippen molar-refractivity contribution in [1.82, 2.24) is 4.98 Å². The Balaban J connectivity index is 1.79. The largest absolute Gasteiger partial charge is 0.471 e. The molecule has 0 bridgehead atoms. The maximum Gasteiger partial charge on any atom is 0.471 e. The quantitative estimate of drug-likeness (QED) is 0.700. The van der Waals surface area contributed by atoms with E-state index >= 15 is 0 Å². The molecule has 1 heterocycles. The van der Waals surface area contributed by atoms with Crippen molar-refractivity contribution in [2.24, 2.45) is 0 Å². The number of anilines is 1. The van der Waals surface area contributed by atoms with Gasteiger partial charge in [-0.2, -0.15) is 13.2 Å². The van der Waals surface area contributed by atoms with Gasteiger partial charge in [0.1, 0.15) is 0 Å². The van der Waals surface area contributed by atoms with Crippen LogP contribution in [0.2, 0.25) is 0 Å². The number of aromatic nitrogens is 1. The number of alkyl halides is 3. The summed E-state index contributed by atoms with van der Waals surface area (Å²) in [6.45, 7) is 2.01. The van der Waals surface area contributed by atoms with Crippen molar-refractivity contribution in [1.29, 1.82) is 0 Å². The minimum Gasteiger partial charge on any atom is -0.318 e. The Morgan fingerprint density at radius 1 is 1.04 bits per heavy atom. The average Bonchev–Trinajstić information content (AvgIpc) is 2.59. The number of pyridine rings is 1. The third kappa shape index (κ3) is 4.27. The summed E-state index contributed by atoms with van der Waals surface area (Å²) in [5.41, 5.74) is 3.47. The van der Waals surface area contributed by atoms with Crippen LogP contribution in [0, 0.1) is 6.92 Å². The number of aryl methyl sites for hydroxylation is 1. The molecule has 3 aromatic rings. The van der Waals surface area contributed by atoms with Gasteiger partial charge in [-0.25, -0.2) is 4.98 Å². The van der Waals surface area contributed by atoms with E-state index in [0.29, 0.717) is 5.56 Å². The second-order valence-corrected chi connectivity index (χ2v) is 5.84. The molecule has 1 amide bonds. The van der Waals surface area contributed by atoms with Gasteiger partial charge in [0.25, 0.3) is 0 Å². The van der Waals surface area contributed by atoms with Gasteiger partial charge in [-0.05, 0) is 48.9 Å². The van der Waals surface area contributed by atoms with Crippen molar-refractivity contribution in [3.05, 3.63) is 71.4 Å². The third-order valence-electron chi connectivity index (χ3n) is 3.71. The normalized spacial score (nSPS) is 11.8. The zero-order chi connectivity index (χ0) is 18.7. The van der Waals surface area contributed by atoms with Crippen LogP contribution in [-0.2, 0) is 4.79 Å². The maximum atomic E-state index is 12.3. The second-order valence-electron chi connectivity index (χ2n) is 5.84. The number of fused-ring (bicyclic) bond motifs is 1. The van der Waals surface area contributed by atoms with Crippen LogP contribution in [0.1, 0.15) is 16.8 Å². The number of amides is 1. The van der Waals surface area contributed by atoms with E-state index in [-0.39, 0.29) is 5.69 Å². The molecule has 132 valence electrons. The molecule has 0 aliphatic heterocycles. The molecule has 0 saturated heterocycles. The zero-order valence-electron chi connectivity index (χ0n) is 13.8. The van der Waals surface area contributed by atoms with Crippen LogP contribution in [0.25, 0.3) is 23.1 Å². The van der Waals surface area contributed by atoms with E-state index in [1.807, 2.05) is 42.6 Å². The standard InChI is InChI=1S/C20H15F3N2O/c1-13-5-10-18-15(11-13)7-9-16(24-18)8-6-14-3-2-4-17(12-14)25-19(26)20(21,22)23/h2-12H,1H3,(H,25,26)/b8-6+. The Labute approximate surface area is 148 Å². The van der Waals surface area contributed by atoms with Gasteiger partial charge < -0.3 is 5.32 Å². The Morgan fingerprint density at radius 2 is 1.85 bits per heavy atom. The number of carbonyl (C=O) groups excluding carboxylic acids is 1. The van der Waals surface area contributed by atoms with Crippen molar-refractivity contribution >= 4 is 34.6 Å². The lowest BCUT2D eigenvalue weighted by Gasteiger charge is -2.08. The summed E-state index contributed by atoms with van der Waals surface area (Å²) >= 11 is 0. The summed E-state index contributed by atoms with van der Waals surface area (Å²) in [6, 6.07) is 16.0. The van der Waals surface area contributed by atoms with E-state index in [9.17, 15) is 18.0 Å². The van der Waals surface area contributed by atoms with Gasteiger partial charge in [0.05, 0.1) is 11.2 Å². The van der Waals surface area contributed by atoms with E-state index in [1.54, 1.807) is 24.3 Å². The highest BCUT2D eigenvalue weighted by molar-refractivity contribution is 5.95. The number of hydrogen-bond acceptors (Lipinski definition) is 2. The summed E-state index contributed by atoms with van der Waals surface area (Å²) in [4.78, 5) is 15.5. The molecule has 2 aromatic carbocycles. The highest BCUT2D eigenvalue weighted by Gasteiger charge is 2.38. The Hall–Kier alpha value is -3.15. The monoisotopic (exact) mass is 356 g/mol. The lowest BCUT2D eigenvalue weighted by Crippen LogP contribution is -2.29. The van der Waals surface area contributed by atoms with Gasteiger partial charge in [0.15, 0.2) is 0 Å². The molecule has 0 fully saturated rings. The van der Waals surface area contributed by atoms with Gasteiger partial charge in [0.2, 0.25) is 0 Å². The van der Waals surface area contributed by atoms with Crippen LogP contribution >= 0.6 is 0 Å². The van der Waals surface area contributed by atoms with Crippen LogP contribution in [0.4, 0.5) is 18.9 Å². The number of nitrogens with zero attached hydrogens (tertiary/aromatic N) is 1. The number of benzene rings is 2. The van der Waals surface area contributed by atoms with Crippen LogP contribution in [0.3, 0.4) is 0 Å². The van der Waals surface area contributed by atoms with Crippen LogP contribution < -0.4 is 5.32 Å². The molecule has 3 rings (SSSR count).